The summed E-state index contributed by atoms with van der Waals surface area (Å²) in [5.41, 5.74) is 8.26. The summed E-state index contributed by atoms with van der Waals surface area (Å²) in [6, 6.07) is 18.2. The van der Waals surface area contributed by atoms with Crippen LogP contribution in [0.3, 0.4) is 0 Å². The van der Waals surface area contributed by atoms with Crippen molar-refractivity contribution in [3.63, 3.8) is 0 Å². The van der Waals surface area contributed by atoms with E-state index in [1.807, 2.05) is 36.4 Å². The molecular formula is C19H16N2O3. The van der Waals surface area contributed by atoms with Crippen molar-refractivity contribution in [1.29, 1.82) is 5.41 Å². The maximum absolute atomic E-state index is 12.4. The number of nitrogens with one attached hydrogen (secondary N) is 1. The van der Waals surface area contributed by atoms with Gasteiger partial charge in [-0.05, 0) is 17.2 Å². The number of benzene rings is 2. The monoisotopic (exact) mass is 320 g/mol. The fraction of sp³-hybridized carbons (Fsp3) is 0.0526. The van der Waals surface area contributed by atoms with E-state index >= 15 is 0 Å². The van der Waals surface area contributed by atoms with Gasteiger partial charge in [-0.1, -0.05) is 54.6 Å². The highest BCUT2D eigenvalue weighted by atomic mass is 16.5. The molecule has 0 aliphatic carbocycles. The van der Waals surface area contributed by atoms with Crippen LogP contribution in [0.2, 0.25) is 0 Å². The van der Waals surface area contributed by atoms with Crippen molar-refractivity contribution < 1.29 is 13.9 Å². The zero-order valence-corrected chi connectivity index (χ0v) is 12.9. The minimum atomic E-state index is -0.558. The Labute approximate surface area is 139 Å². The molecule has 0 amide bonds. The molecule has 0 spiro atoms. The quantitative estimate of drug-likeness (QED) is 0.427. The van der Waals surface area contributed by atoms with E-state index in [0.717, 1.165) is 5.56 Å². The third kappa shape index (κ3) is 3.20. The van der Waals surface area contributed by atoms with Gasteiger partial charge in [0.1, 0.15) is 12.4 Å². The Morgan fingerprint density at radius 1 is 1.00 bits per heavy atom. The van der Waals surface area contributed by atoms with Crippen molar-refractivity contribution in [2.45, 2.75) is 6.61 Å². The van der Waals surface area contributed by atoms with E-state index in [9.17, 15) is 4.79 Å². The first-order chi connectivity index (χ1) is 11.7. The van der Waals surface area contributed by atoms with Crippen molar-refractivity contribution in [3.8, 4) is 11.1 Å². The normalized spacial score (nSPS) is 10.3. The number of furan rings is 1. The number of rotatable bonds is 5. The molecule has 5 nitrogen and oxygen atoms in total. The average Bonchev–Trinajstić information content (AvgIpc) is 3.10. The second kappa shape index (κ2) is 6.83. The minimum absolute atomic E-state index is 0.0737. The van der Waals surface area contributed by atoms with Crippen molar-refractivity contribution >= 4 is 11.8 Å². The fourth-order valence-electron chi connectivity index (χ4n) is 2.42. The van der Waals surface area contributed by atoms with Gasteiger partial charge in [-0.3, -0.25) is 5.41 Å². The van der Waals surface area contributed by atoms with Gasteiger partial charge >= 0.3 is 5.97 Å². The largest absolute Gasteiger partial charge is 0.457 e. The van der Waals surface area contributed by atoms with Gasteiger partial charge in [-0.2, -0.15) is 0 Å². The smallest absolute Gasteiger partial charge is 0.375 e. The maximum Gasteiger partial charge on any atom is 0.375 e. The summed E-state index contributed by atoms with van der Waals surface area (Å²) in [4.78, 5) is 12.4. The molecule has 0 saturated carbocycles. The number of hydrogen-bond donors (Lipinski definition) is 2. The zero-order valence-electron chi connectivity index (χ0n) is 12.9. The SMILES string of the molecule is N=C(N)c1ccccc1-c1ccoc1C(=O)OCc1ccccc1. The van der Waals surface area contributed by atoms with Crippen LogP contribution in [-0.4, -0.2) is 11.8 Å². The second-order valence-electron chi connectivity index (χ2n) is 5.18. The molecule has 0 fully saturated rings. The average molecular weight is 320 g/mol. The van der Waals surface area contributed by atoms with E-state index in [1.54, 1.807) is 24.3 Å². The number of ether oxygens (including phenoxy) is 1. The molecule has 0 radical (unpaired) electrons. The first kappa shape index (κ1) is 15.6. The molecule has 0 atom stereocenters. The number of carbonyl (C=O) groups is 1. The number of carbonyl (C=O) groups excluding carboxylic acids is 1. The minimum Gasteiger partial charge on any atom is -0.457 e. The van der Waals surface area contributed by atoms with Gasteiger partial charge in [0.25, 0.3) is 0 Å². The van der Waals surface area contributed by atoms with Crippen LogP contribution < -0.4 is 5.73 Å². The Bertz CT molecular complexity index is 869. The molecule has 3 aromatic rings. The highest BCUT2D eigenvalue weighted by molar-refractivity contribution is 6.04. The third-order valence-electron chi connectivity index (χ3n) is 3.57. The molecule has 1 heterocycles. The molecule has 2 aromatic carbocycles. The van der Waals surface area contributed by atoms with Crippen LogP contribution in [0.25, 0.3) is 11.1 Å². The molecule has 0 aliphatic rings. The lowest BCUT2D eigenvalue weighted by atomic mass is 9.99. The lowest BCUT2D eigenvalue weighted by Gasteiger charge is -2.08. The molecule has 0 unspecified atom stereocenters. The Hall–Kier alpha value is -3.34. The molecule has 1 aromatic heterocycles. The topological polar surface area (TPSA) is 89.3 Å². The molecule has 3 N–H and O–H groups in total. The zero-order chi connectivity index (χ0) is 16.9. The first-order valence-corrected chi connectivity index (χ1v) is 7.39. The van der Waals surface area contributed by atoms with Crippen molar-refractivity contribution in [2.75, 3.05) is 0 Å². The molecule has 120 valence electrons. The second-order valence-corrected chi connectivity index (χ2v) is 5.18. The number of nitrogen functional groups attached to an aromatic ring is 1. The summed E-state index contributed by atoms with van der Waals surface area (Å²) >= 11 is 0. The molecular weight excluding hydrogens is 304 g/mol. The number of esters is 1. The van der Waals surface area contributed by atoms with E-state index in [-0.39, 0.29) is 18.2 Å². The summed E-state index contributed by atoms with van der Waals surface area (Å²) in [5.74, 6) is -0.535. The van der Waals surface area contributed by atoms with E-state index in [1.165, 1.54) is 6.26 Å². The number of nitrogens with two attached hydrogens (primary N) is 1. The lowest BCUT2D eigenvalue weighted by Crippen LogP contribution is -2.13. The third-order valence-corrected chi connectivity index (χ3v) is 3.57. The molecule has 0 saturated heterocycles. The van der Waals surface area contributed by atoms with E-state index in [2.05, 4.69) is 0 Å². The van der Waals surface area contributed by atoms with Crippen LogP contribution in [0.15, 0.2) is 71.3 Å². The van der Waals surface area contributed by atoms with Gasteiger partial charge in [-0.25, -0.2) is 4.79 Å². The summed E-state index contributed by atoms with van der Waals surface area (Å²) in [6.07, 6.45) is 1.42. The van der Waals surface area contributed by atoms with E-state index < -0.39 is 5.97 Å². The predicted molar refractivity (Wildman–Crippen MR) is 90.7 cm³/mol. The highest BCUT2D eigenvalue weighted by Gasteiger charge is 2.20. The molecule has 0 bridgehead atoms. The summed E-state index contributed by atoms with van der Waals surface area (Å²) < 4.78 is 10.6. The van der Waals surface area contributed by atoms with Crippen LogP contribution in [0.1, 0.15) is 21.7 Å². The van der Waals surface area contributed by atoms with Crippen molar-refractivity contribution in [3.05, 3.63) is 83.8 Å². The summed E-state index contributed by atoms with van der Waals surface area (Å²) in [6.45, 7) is 0.161. The van der Waals surface area contributed by atoms with Gasteiger partial charge in [-0.15, -0.1) is 0 Å². The lowest BCUT2D eigenvalue weighted by molar-refractivity contribution is 0.0437. The first-order valence-electron chi connectivity index (χ1n) is 7.39. The van der Waals surface area contributed by atoms with Crippen molar-refractivity contribution in [2.24, 2.45) is 5.73 Å². The summed E-state index contributed by atoms with van der Waals surface area (Å²) in [7, 11) is 0. The molecule has 3 rings (SSSR count). The van der Waals surface area contributed by atoms with E-state index in [0.29, 0.717) is 16.7 Å². The van der Waals surface area contributed by atoms with Crippen LogP contribution in [0.5, 0.6) is 0 Å². The van der Waals surface area contributed by atoms with Crippen LogP contribution in [0, 0.1) is 5.41 Å². The Balaban J connectivity index is 1.85. The fourth-order valence-corrected chi connectivity index (χ4v) is 2.42. The molecule has 5 heteroatoms. The van der Waals surface area contributed by atoms with Gasteiger partial charge in [0.2, 0.25) is 5.76 Å². The number of amidine groups is 1. The van der Waals surface area contributed by atoms with Gasteiger partial charge < -0.3 is 14.9 Å². The van der Waals surface area contributed by atoms with Crippen LogP contribution in [-0.2, 0) is 11.3 Å². The number of hydrogen-bond acceptors (Lipinski definition) is 4. The van der Waals surface area contributed by atoms with E-state index in [4.69, 9.17) is 20.3 Å². The van der Waals surface area contributed by atoms with Gasteiger partial charge in [0.15, 0.2) is 0 Å². The standard InChI is InChI=1S/C19H16N2O3/c20-18(21)16-9-5-4-8-14(16)15-10-11-23-17(15)19(22)24-12-13-6-2-1-3-7-13/h1-11H,12H2,(H3,20,21). The van der Waals surface area contributed by atoms with Crippen molar-refractivity contribution in [1.82, 2.24) is 0 Å². The Kier molecular flexibility index (Phi) is 4.43. The Morgan fingerprint density at radius 3 is 2.46 bits per heavy atom. The Morgan fingerprint density at radius 2 is 1.71 bits per heavy atom. The highest BCUT2D eigenvalue weighted by Crippen LogP contribution is 2.28. The van der Waals surface area contributed by atoms with Crippen LogP contribution in [0.4, 0.5) is 0 Å². The molecule has 24 heavy (non-hydrogen) atoms. The maximum atomic E-state index is 12.4. The predicted octanol–water partition coefficient (Wildman–Crippen LogP) is 3.59. The molecule has 0 aliphatic heterocycles. The van der Waals surface area contributed by atoms with Crippen LogP contribution >= 0.6 is 0 Å². The van der Waals surface area contributed by atoms with Gasteiger partial charge in [0.05, 0.1) is 6.26 Å². The van der Waals surface area contributed by atoms with Gasteiger partial charge in [0, 0.05) is 11.1 Å². The summed E-state index contributed by atoms with van der Waals surface area (Å²) in [5, 5.41) is 7.68.